The van der Waals surface area contributed by atoms with E-state index < -0.39 is 0 Å². The Bertz CT molecular complexity index is 419. The highest BCUT2D eigenvalue weighted by atomic mass is 16.2. The molecular formula is C13H19N3O. The number of hydrogen-bond acceptors (Lipinski definition) is 2. The summed E-state index contributed by atoms with van der Waals surface area (Å²) in [6, 6.07) is 7.95. The molecule has 2 rings (SSSR count). The van der Waals surface area contributed by atoms with Crippen molar-refractivity contribution >= 4 is 6.03 Å². The molecule has 2 unspecified atom stereocenters. The predicted molar refractivity (Wildman–Crippen MR) is 67.7 cm³/mol. The summed E-state index contributed by atoms with van der Waals surface area (Å²) in [4.78, 5) is 13.5. The number of carbonyl (C=O) groups is 1. The van der Waals surface area contributed by atoms with Crippen molar-refractivity contribution in [1.82, 2.24) is 10.2 Å². The summed E-state index contributed by atoms with van der Waals surface area (Å²) in [5.74, 6) is 0. The number of hydrogen-bond donors (Lipinski definition) is 2. The molecule has 0 radical (unpaired) electrons. The van der Waals surface area contributed by atoms with Crippen molar-refractivity contribution < 1.29 is 4.79 Å². The molecule has 0 heterocycles. The molecule has 17 heavy (non-hydrogen) atoms. The third kappa shape index (κ3) is 2.26. The van der Waals surface area contributed by atoms with Gasteiger partial charge in [-0.05, 0) is 24.5 Å². The number of fused-ring (bicyclic) bond motifs is 1. The van der Waals surface area contributed by atoms with Gasteiger partial charge in [0.15, 0.2) is 0 Å². The lowest BCUT2D eigenvalue weighted by Gasteiger charge is -2.23. The van der Waals surface area contributed by atoms with Gasteiger partial charge < -0.3 is 16.0 Å². The van der Waals surface area contributed by atoms with Gasteiger partial charge in [0, 0.05) is 19.6 Å². The SMILES string of the molecule is CCN(C)C(=O)NC1c2ccccc2CC1N. The van der Waals surface area contributed by atoms with Crippen LogP contribution >= 0.6 is 0 Å². The zero-order valence-electron chi connectivity index (χ0n) is 10.3. The second-order valence-corrected chi connectivity index (χ2v) is 4.51. The van der Waals surface area contributed by atoms with Crippen LogP contribution in [0.15, 0.2) is 24.3 Å². The minimum atomic E-state index is -0.0651. The molecule has 0 aromatic heterocycles. The Hall–Kier alpha value is -1.55. The Morgan fingerprint density at radius 3 is 2.94 bits per heavy atom. The molecule has 0 bridgehead atoms. The first-order chi connectivity index (χ1) is 8.13. The van der Waals surface area contributed by atoms with Gasteiger partial charge in [0.1, 0.15) is 0 Å². The van der Waals surface area contributed by atoms with E-state index in [-0.39, 0.29) is 18.1 Å². The van der Waals surface area contributed by atoms with E-state index in [1.165, 1.54) is 5.56 Å². The molecule has 0 aliphatic heterocycles. The lowest BCUT2D eigenvalue weighted by Crippen LogP contribution is -2.44. The summed E-state index contributed by atoms with van der Waals surface area (Å²) < 4.78 is 0. The van der Waals surface area contributed by atoms with Crippen LogP contribution in [0.25, 0.3) is 0 Å². The van der Waals surface area contributed by atoms with Crippen molar-refractivity contribution in [3.8, 4) is 0 Å². The van der Waals surface area contributed by atoms with E-state index in [0.717, 1.165) is 12.0 Å². The lowest BCUT2D eigenvalue weighted by atomic mass is 10.1. The fourth-order valence-electron chi connectivity index (χ4n) is 2.20. The van der Waals surface area contributed by atoms with Crippen molar-refractivity contribution in [1.29, 1.82) is 0 Å². The molecule has 0 spiro atoms. The Kier molecular flexibility index (Phi) is 3.33. The first kappa shape index (κ1) is 11.9. The van der Waals surface area contributed by atoms with E-state index in [1.54, 1.807) is 11.9 Å². The van der Waals surface area contributed by atoms with Gasteiger partial charge in [0.05, 0.1) is 6.04 Å². The van der Waals surface area contributed by atoms with Crippen LogP contribution in [0.4, 0.5) is 4.79 Å². The maximum absolute atomic E-state index is 11.8. The summed E-state index contributed by atoms with van der Waals surface area (Å²) in [5.41, 5.74) is 8.48. The van der Waals surface area contributed by atoms with Crippen LogP contribution in [0.2, 0.25) is 0 Å². The quantitative estimate of drug-likeness (QED) is 0.808. The second-order valence-electron chi connectivity index (χ2n) is 4.51. The van der Waals surface area contributed by atoms with E-state index in [0.29, 0.717) is 6.54 Å². The average Bonchev–Trinajstić information content (AvgIpc) is 2.65. The van der Waals surface area contributed by atoms with Crippen LogP contribution < -0.4 is 11.1 Å². The second kappa shape index (κ2) is 4.75. The Morgan fingerprint density at radius 2 is 2.24 bits per heavy atom. The van der Waals surface area contributed by atoms with Crippen LogP contribution in [0.3, 0.4) is 0 Å². The number of carbonyl (C=O) groups excluding carboxylic acids is 1. The Balaban J connectivity index is 2.14. The largest absolute Gasteiger partial charge is 0.330 e. The number of rotatable bonds is 2. The van der Waals surface area contributed by atoms with Gasteiger partial charge in [-0.1, -0.05) is 24.3 Å². The highest BCUT2D eigenvalue weighted by Crippen LogP contribution is 2.30. The van der Waals surface area contributed by atoms with Crippen molar-refractivity contribution in [2.75, 3.05) is 13.6 Å². The highest BCUT2D eigenvalue weighted by Gasteiger charge is 2.31. The number of benzene rings is 1. The van der Waals surface area contributed by atoms with Gasteiger partial charge in [-0.25, -0.2) is 4.79 Å². The maximum Gasteiger partial charge on any atom is 0.317 e. The summed E-state index contributed by atoms with van der Waals surface area (Å²) in [5, 5.41) is 3.00. The highest BCUT2D eigenvalue weighted by molar-refractivity contribution is 5.74. The van der Waals surface area contributed by atoms with Crippen molar-refractivity contribution in [2.45, 2.75) is 25.4 Å². The molecule has 2 atom stereocenters. The fourth-order valence-corrected chi connectivity index (χ4v) is 2.20. The van der Waals surface area contributed by atoms with E-state index in [4.69, 9.17) is 5.73 Å². The van der Waals surface area contributed by atoms with Crippen LogP contribution in [-0.2, 0) is 6.42 Å². The van der Waals surface area contributed by atoms with Gasteiger partial charge in [-0.15, -0.1) is 0 Å². The minimum absolute atomic E-state index is 0.0263. The molecule has 1 aliphatic rings. The van der Waals surface area contributed by atoms with E-state index in [9.17, 15) is 4.79 Å². The van der Waals surface area contributed by atoms with Gasteiger partial charge >= 0.3 is 6.03 Å². The molecule has 0 fully saturated rings. The first-order valence-electron chi connectivity index (χ1n) is 5.98. The minimum Gasteiger partial charge on any atom is -0.330 e. The number of nitrogens with zero attached hydrogens (tertiary/aromatic N) is 1. The van der Waals surface area contributed by atoms with Crippen LogP contribution in [-0.4, -0.2) is 30.6 Å². The normalized spacial score (nSPS) is 22.1. The van der Waals surface area contributed by atoms with Crippen molar-refractivity contribution in [3.63, 3.8) is 0 Å². The Labute approximate surface area is 102 Å². The molecule has 92 valence electrons. The molecule has 0 saturated heterocycles. The molecule has 4 nitrogen and oxygen atoms in total. The zero-order valence-corrected chi connectivity index (χ0v) is 10.3. The van der Waals surface area contributed by atoms with Crippen LogP contribution in [0.5, 0.6) is 0 Å². The molecular weight excluding hydrogens is 214 g/mol. The molecule has 3 N–H and O–H groups in total. The smallest absolute Gasteiger partial charge is 0.317 e. The van der Waals surface area contributed by atoms with Gasteiger partial charge in [-0.2, -0.15) is 0 Å². The predicted octanol–water partition coefficient (Wildman–Crippen LogP) is 1.27. The van der Waals surface area contributed by atoms with Crippen molar-refractivity contribution in [2.24, 2.45) is 5.73 Å². The summed E-state index contributed by atoms with van der Waals surface area (Å²) in [6.07, 6.45) is 0.830. The first-order valence-corrected chi connectivity index (χ1v) is 5.98. The number of urea groups is 1. The number of nitrogens with one attached hydrogen (secondary N) is 1. The molecule has 1 aliphatic carbocycles. The topological polar surface area (TPSA) is 58.4 Å². The molecule has 1 aromatic rings. The monoisotopic (exact) mass is 233 g/mol. The standard InChI is InChI=1S/C13H19N3O/c1-3-16(2)13(17)15-12-10-7-5-4-6-9(10)8-11(12)14/h4-7,11-12H,3,8,14H2,1-2H3,(H,15,17). The van der Waals surface area contributed by atoms with Crippen LogP contribution in [0, 0.1) is 0 Å². The summed E-state index contributed by atoms with van der Waals surface area (Å²) in [7, 11) is 1.78. The molecule has 0 saturated carbocycles. The fraction of sp³-hybridized carbons (Fsp3) is 0.462. The van der Waals surface area contributed by atoms with Gasteiger partial charge in [0.2, 0.25) is 0 Å². The van der Waals surface area contributed by atoms with Gasteiger partial charge in [0.25, 0.3) is 0 Å². The number of amides is 2. The number of nitrogens with two attached hydrogens (primary N) is 1. The molecule has 2 amide bonds. The lowest BCUT2D eigenvalue weighted by molar-refractivity contribution is 0.205. The van der Waals surface area contributed by atoms with E-state index in [1.807, 2.05) is 25.1 Å². The third-order valence-corrected chi connectivity index (χ3v) is 3.37. The van der Waals surface area contributed by atoms with E-state index >= 15 is 0 Å². The molecule has 4 heteroatoms. The molecule has 1 aromatic carbocycles. The van der Waals surface area contributed by atoms with Gasteiger partial charge in [-0.3, -0.25) is 0 Å². The zero-order chi connectivity index (χ0) is 12.4. The van der Waals surface area contributed by atoms with Crippen molar-refractivity contribution in [3.05, 3.63) is 35.4 Å². The van der Waals surface area contributed by atoms with Crippen LogP contribution in [0.1, 0.15) is 24.1 Å². The Morgan fingerprint density at radius 1 is 1.53 bits per heavy atom. The maximum atomic E-state index is 11.8. The average molecular weight is 233 g/mol. The summed E-state index contributed by atoms with van der Waals surface area (Å²) >= 11 is 0. The third-order valence-electron chi connectivity index (χ3n) is 3.37. The van der Waals surface area contributed by atoms with E-state index in [2.05, 4.69) is 11.4 Å². The summed E-state index contributed by atoms with van der Waals surface area (Å²) in [6.45, 7) is 2.64.